The maximum Gasteiger partial charge on any atom is 0.271 e. The van der Waals surface area contributed by atoms with Crippen LogP contribution in [0.2, 0.25) is 0 Å². The lowest BCUT2D eigenvalue weighted by molar-refractivity contribution is 0.0954. The predicted molar refractivity (Wildman–Crippen MR) is 87.1 cm³/mol. The number of amides is 1. The zero-order valence-electron chi connectivity index (χ0n) is 12.9. The lowest BCUT2D eigenvalue weighted by atomic mass is 9.87. The number of pyridine rings is 1. The number of aromatic nitrogens is 1. The Morgan fingerprint density at radius 2 is 1.86 bits per heavy atom. The largest absolute Gasteiger partial charge is 0.271 e. The van der Waals surface area contributed by atoms with E-state index in [0.29, 0.717) is 5.56 Å². The van der Waals surface area contributed by atoms with Crippen molar-refractivity contribution in [2.45, 2.75) is 33.1 Å². The highest BCUT2D eigenvalue weighted by molar-refractivity contribution is 6.04. The number of carbonyl (C=O) groups is 1. The van der Waals surface area contributed by atoms with Crippen LogP contribution >= 0.6 is 0 Å². The van der Waals surface area contributed by atoms with Crippen molar-refractivity contribution in [3.05, 3.63) is 64.5 Å². The number of aryl methyl sites for hydroxylation is 3. The molecule has 1 amide bonds. The molecule has 3 rings (SSSR count). The topological polar surface area (TPSA) is 54.4 Å². The predicted octanol–water partition coefficient (Wildman–Crippen LogP) is 3.17. The van der Waals surface area contributed by atoms with Crippen molar-refractivity contribution in [2.75, 3.05) is 0 Å². The van der Waals surface area contributed by atoms with Gasteiger partial charge in [-0.25, -0.2) is 5.43 Å². The summed E-state index contributed by atoms with van der Waals surface area (Å²) in [6, 6.07) is 7.78. The van der Waals surface area contributed by atoms with Gasteiger partial charge in [-0.3, -0.25) is 9.78 Å². The summed E-state index contributed by atoms with van der Waals surface area (Å²) >= 11 is 0. The molecule has 0 unspecified atom stereocenters. The van der Waals surface area contributed by atoms with E-state index in [-0.39, 0.29) is 5.91 Å². The molecule has 112 valence electrons. The fourth-order valence-corrected chi connectivity index (χ4v) is 2.73. The summed E-state index contributed by atoms with van der Waals surface area (Å²) in [5, 5.41) is 4.37. The standard InChI is InChI=1S/C18H19N3O/c1-12-10-15-4-3-5-17(16(15)11-13(12)2)20-21-18(22)14-6-8-19-9-7-14/h6-11H,3-5H2,1-2H3,(H,21,22)/b20-17+. The summed E-state index contributed by atoms with van der Waals surface area (Å²) in [4.78, 5) is 16.0. The molecule has 1 N–H and O–H groups in total. The van der Waals surface area contributed by atoms with Gasteiger partial charge in [0, 0.05) is 23.5 Å². The molecule has 2 aromatic rings. The molecular weight excluding hydrogens is 274 g/mol. The van der Waals surface area contributed by atoms with Crippen LogP contribution in [0.4, 0.5) is 0 Å². The van der Waals surface area contributed by atoms with Gasteiger partial charge in [-0.2, -0.15) is 5.10 Å². The lowest BCUT2D eigenvalue weighted by Gasteiger charge is -2.19. The van der Waals surface area contributed by atoms with Crippen molar-refractivity contribution in [3.63, 3.8) is 0 Å². The van der Waals surface area contributed by atoms with Crippen LogP contribution < -0.4 is 5.43 Å². The number of nitrogens with one attached hydrogen (secondary N) is 1. The van der Waals surface area contributed by atoms with Gasteiger partial charge in [-0.15, -0.1) is 0 Å². The summed E-state index contributed by atoms with van der Waals surface area (Å²) in [5.41, 5.74) is 9.26. The first-order valence-corrected chi connectivity index (χ1v) is 7.52. The molecule has 22 heavy (non-hydrogen) atoms. The van der Waals surface area contributed by atoms with Gasteiger partial charge in [0.05, 0.1) is 5.71 Å². The maximum absolute atomic E-state index is 12.1. The van der Waals surface area contributed by atoms with Crippen LogP contribution in [0.15, 0.2) is 41.8 Å². The van der Waals surface area contributed by atoms with Crippen molar-refractivity contribution in [2.24, 2.45) is 5.10 Å². The van der Waals surface area contributed by atoms with E-state index < -0.39 is 0 Å². The molecule has 1 aliphatic rings. The fourth-order valence-electron chi connectivity index (χ4n) is 2.73. The second kappa shape index (κ2) is 6.10. The van der Waals surface area contributed by atoms with E-state index in [2.05, 4.69) is 41.5 Å². The number of carbonyl (C=O) groups excluding carboxylic acids is 1. The SMILES string of the molecule is Cc1cc2c(cc1C)/C(=N/NC(=O)c1ccncc1)CCC2. The van der Waals surface area contributed by atoms with Crippen molar-refractivity contribution >= 4 is 11.6 Å². The number of fused-ring (bicyclic) bond motifs is 1. The number of hydrogen-bond acceptors (Lipinski definition) is 3. The van der Waals surface area contributed by atoms with E-state index >= 15 is 0 Å². The molecule has 1 aromatic heterocycles. The number of benzene rings is 1. The normalized spacial score (nSPS) is 15.5. The molecule has 0 fully saturated rings. The highest BCUT2D eigenvalue weighted by atomic mass is 16.2. The Morgan fingerprint density at radius 1 is 1.14 bits per heavy atom. The zero-order valence-corrected chi connectivity index (χ0v) is 12.9. The van der Waals surface area contributed by atoms with Gasteiger partial charge in [0.1, 0.15) is 0 Å². The van der Waals surface area contributed by atoms with Crippen LogP contribution in [0.3, 0.4) is 0 Å². The van der Waals surface area contributed by atoms with Crippen molar-refractivity contribution in [3.8, 4) is 0 Å². The molecular formula is C18H19N3O. The molecule has 1 aliphatic carbocycles. The number of hydrazone groups is 1. The van der Waals surface area contributed by atoms with E-state index in [1.54, 1.807) is 24.5 Å². The fraction of sp³-hybridized carbons (Fsp3) is 0.278. The van der Waals surface area contributed by atoms with Crippen molar-refractivity contribution in [1.29, 1.82) is 0 Å². The third-order valence-corrected chi connectivity index (χ3v) is 4.13. The van der Waals surface area contributed by atoms with Crippen LogP contribution in [-0.4, -0.2) is 16.6 Å². The Balaban J connectivity index is 1.85. The molecule has 0 radical (unpaired) electrons. The molecule has 0 saturated carbocycles. The summed E-state index contributed by atoms with van der Waals surface area (Å²) in [5.74, 6) is -0.203. The third kappa shape index (κ3) is 2.91. The molecule has 4 nitrogen and oxygen atoms in total. The average Bonchev–Trinajstić information content (AvgIpc) is 2.54. The molecule has 1 aromatic carbocycles. The second-order valence-electron chi connectivity index (χ2n) is 5.68. The van der Waals surface area contributed by atoms with Gasteiger partial charge >= 0.3 is 0 Å². The number of hydrogen-bond donors (Lipinski definition) is 1. The van der Waals surface area contributed by atoms with E-state index in [0.717, 1.165) is 25.0 Å². The van der Waals surface area contributed by atoms with Crippen LogP contribution in [-0.2, 0) is 6.42 Å². The van der Waals surface area contributed by atoms with E-state index in [9.17, 15) is 4.79 Å². The van der Waals surface area contributed by atoms with Gasteiger partial charge in [0.15, 0.2) is 0 Å². The van der Waals surface area contributed by atoms with E-state index in [1.807, 2.05) is 0 Å². The molecule has 0 spiro atoms. The summed E-state index contributed by atoms with van der Waals surface area (Å²) < 4.78 is 0. The average molecular weight is 293 g/mol. The van der Waals surface area contributed by atoms with Crippen molar-refractivity contribution < 1.29 is 4.79 Å². The molecule has 4 heteroatoms. The van der Waals surface area contributed by atoms with Crippen LogP contribution in [0.5, 0.6) is 0 Å². The van der Waals surface area contributed by atoms with Gasteiger partial charge in [-0.1, -0.05) is 6.07 Å². The Morgan fingerprint density at radius 3 is 2.64 bits per heavy atom. The van der Waals surface area contributed by atoms with Crippen molar-refractivity contribution in [1.82, 2.24) is 10.4 Å². The quantitative estimate of drug-likeness (QED) is 0.865. The van der Waals surface area contributed by atoms with Gasteiger partial charge in [-0.05, 0) is 68.0 Å². The Kier molecular flexibility index (Phi) is 4.00. The molecule has 0 atom stereocenters. The molecule has 0 aliphatic heterocycles. The first kappa shape index (κ1) is 14.4. The van der Waals surface area contributed by atoms with E-state index in [1.165, 1.54) is 22.3 Å². The summed E-state index contributed by atoms with van der Waals surface area (Å²) in [6.07, 6.45) is 6.24. The molecule has 1 heterocycles. The third-order valence-electron chi connectivity index (χ3n) is 4.13. The number of rotatable bonds is 2. The first-order chi connectivity index (χ1) is 10.6. The Labute approximate surface area is 130 Å². The minimum Gasteiger partial charge on any atom is -0.267 e. The summed E-state index contributed by atoms with van der Waals surface area (Å²) in [6.45, 7) is 4.24. The Bertz CT molecular complexity index is 735. The summed E-state index contributed by atoms with van der Waals surface area (Å²) in [7, 11) is 0. The first-order valence-electron chi connectivity index (χ1n) is 7.52. The van der Waals surface area contributed by atoms with Gasteiger partial charge < -0.3 is 0 Å². The lowest BCUT2D eigenvalue weighted by Crippen LogP contribution is -2.22. The number of nitrogens with zero attached hydrogens (tertiary/aromatic N) is 2. The minimum absolute atomic E-state index is 0.203. The Hall–Kier alpha value is -2.49. The van der Waals surface area contributed by atoms with E-state index in [4.69, 9.17) is 0 Å². The van der Waals surface area contributed by atoms with Crippen LogP contribution in [0.1, 0.15) is 45.5 Å². The molecule has 0 saturated heterocycles. The highest BCUT2D eigenvalue weighted by Crippen LogP contribution is 2.24. The second-order valence-corrected chi connectivity index (χ2v) is 5.68. The maximum atomic E-state index is 12.1. The minimum atomic E-state index is -0.203. The van der Waals surface area contributed by atoms with Crippen LogP contribution in [0, 0.1) is 13.8 Å². The monoisotopic (exact) mass is 293 g/mol. The molecule has 0 bridgehead atoms. The van der Waals surface area contributed by atoms with Gasteiger partial charge in [0.2, 0.25) is 0 Å². The highest BCUT2D eigenvalue weighted by Gasteiger charge is 2.17. The smallest absolute Gasteiger partial charge is 0.267 e. The van der Waals surface area contributed by atoms with Gasteiger partial charge in [0.25, 0.3) is 5.91 Å². The zero-order chi connectivity index (χ0) is 15.5. The van der Waals surface area contributed by atoms with Crippen LogP contribution in [0.25, 0.3) is 0 Å².